The van der Waals surface area contributed by atoms with Crippen molar-refractivity contribution in [3.8, 4) is 0 Å². The van der Waals surface area contributed by atoms with Crippen LogP contribution in [0.3, 0.4) is 0 Å². The maximum atomic E-state index is 3.67. The van der Waals surface area contributed by atoms with Crippen molar-refractivity contribution >= 4 is 0 Å². The van der Waals surface area contributed by atoms with Gasteiger partial charge in [-0.05, 0) is 31.2 Å². The Morgan fingerprint density at radius 2 is 1.08 bits per heavy atom. The highest BCUT2D eigenvalue weighted by Crippen LogP contribution is 2.26. The molecule has 37 heavy (non-hydrogen) atoms. The molecule has 0 spiro atoms. The summed E-state index contributed by atoms with van der Waals surface area (Å²) < 4.78 is 2.53. The summed E-state index contributed by atoms with van der Waals surface area (Å²) in [7, 11) is 0. The number of imidazole rings is 1. The minimum absolute atomic E-state index is 0.695. The van der Waals surface area contributed by atoms with Gasteiger partial charge in [-0.2, -0.15) is 0 Å². The van der Waals surface area contributed by atoms with Crippen LogP contribution in [-0.4, -0.2) is 4.98 Å². The largest absolute Gasteiger partial charge is 0.257 e. The second-order valence-corrected chi connectivity index (χ2v) is 11.6. The van der Waals surface area contributed by atoms with Crippen LogP contribution in [-0.2, 0) is 13.0 Å². The lowest BCUT2D eigenvalue weighted by Crippen LogP contribution is -2.37. The summed E-state index contributed by atoms with van der Waals surface area (Å²) in [5.74, 6) is 2.18. The maximum Gasteiger partial charge on any atom is 0.257 e. The highest BCUT2D eigenvalue weighted by atomic mass is 15.1. The lowest BCUT2D eigenvalue weighted by molar-refractivity contribution is -0.704. The van der Waals surface area contributed by atoms with Crippen molar-refractivity contribution in [2.24, 2.45) is 0 Å². The summed E-state index contributed by atoms with van der Waals surface area (Å²) >= 11 is 0. The van der Waals surface area contributed by atoms with Gasteiger partial charge in [-0.15, -0.1) is 0 Å². The first kappa shape index (κ1) is 31.6. The molecular weight excluding hydrogens is 448 g/mol. The quantitative estimate of drug-likeness (QED) is 0.101. The Kier molecular flexibility index (Phi) is 19.2. The highest BCUT2D eigenvalue weighted by molar-refractivity contribution is 5.14. The first-order valence-corrected chi connectivity index (χ1v) is 16.5. The smallest absolute Gasteiger partial charge is 0.247 e. The Balaban J connectivity index is 1.67. The highest BCUT2D eigenvalue weighted by Gasteiger charge is 2.22. The molecule has 1 N–H and O–H groups in total. The average molecular weight is 510 g/mol. The zero-order chi connectivity index (χ0) is 26.2. The zero-order valence-electron chi connectivity index (χ0n) is 24.8. The van der Waals surface area contributed by atoms with Crippen molar-refractivity contribution in [3.05, 3.63) is 54.1 Å². The van der Waals surface area contributed by atoms with Gasteiger partial charge in [-0.1, -0.05) is 160 Å². The van der Waals surface area contributed by atoms with Crippen molar-refractivity contribution < 1.29 is 4.57 Å². The van der Waals surface area contributed by atoms with E-state index in [-0.39, 0.29) is 0 Å². The van der Waals surface area contributed by atoms with E-state index in [1.807, 2.05) is 0 Å². The van der Waals surface area contributed by atoms with E-state index in [0.29, 0.717) is 5.92 Å². The van der Waals surface area contributed by atoms with Crippen molar-refractivity contribution in [1.82, 2.24) is 4.98 Å². The minimum Gasteiger partial charge on any atom is -0.247 e. The zero-order valence-corrected chi connectivity index (χ0v) is 24.8. The number of aryl methyl sites for hydroxylation is 2. The van der Waals surface area contributed by atoms with Crippen LogP contribution in [0.15, 0.2) is 42.7 Å². The van der Waals surface area contributed by atoms with E-state index >= 15 is 0 Å². The van der Waals surface area contributed by atoms with Gasteiger partial charge >= 0.3 is 0 Å². The van der Waals surface area contributed by atoms with Gasteiger partial charge in [-0.3, -0.25) is 0 Å². The number of hydrogen-bond acceptors (Lipinski definition) is 0. The molecular formula is C35H61N2+. The monoisotopic (exact) mass is 509 g/mol. The van der Waals surface area contributed by atoms with Crippen molar-refractivity contribution in [3.63, 3.8) is 0 Å². The number of benzene rings is 1. The molecule has 1 atom stereocenters. The molecule has 0 unspecified atom stereocenters. The number of nitrogens with one attached hydrogen (secondary N) is 1. The fraction of sp³-hybridized carbons (Fsp3) is 0.743. The maximum absolute atomic E-state index is 3.67. The van der Waals surface area contributed by atoms with Gasteiger partial charge in [0.05, 0.1) is 12.5 Å². The third-order valence-corrected chi connectivity index (χ3v) is 8.20. The van der Waals surface area contributed by atoms with Gasteiger partial charge in [0.2, 0.25) is 0 Å². The summed E-state index contributed by atoms with van der Waals surface area (Å²) in [6.45, 7) is 5.74. The van der Waals surface area contributed by atoms with Crippen molar-refractivity contribution in [2.75, 3.05) is 0 Å². The van der Waals surface area contributed by atoms with E-state index in [1.165, 1.54) is 153 Å². The van der Waals surface area contributed by atoms with E-state index in [1.54, 1.807) is 0 Å². The van der Waals surface area contributed by atoms with Gasteiger partial charge in [0.25, 0.3) is 5.82 Å². The molecule has 0 aliphatic rings. The van der Waals surface area contributed by atoms with E-state index in [9.17, 15) is 0 Å². The predicted octanol–water partition coefficient (Wildman–Crippen LogP) is 10.9. The predicted molar refractivity (Wildman–Crippen MR) is 162 cm³/mol. The van der Waals surface area contributed by atoms with Crippen LogP contribution in [0, 0.1) is 0 Å². The molecule has 2 nitrogen and oxygen atoms in total. The van der Waals surface area contributed by atoms with Crippen LogP contribution >= 0.6 is 0 Å². The van der Waals surface area contributed by atoms with Gasteiger partial charge in [-0.25, -0.2) is 9.55 Å². The Bertz CT molecular complexity index is 735. The first-order valence-electron chi connectivity index (χ1n) is 16.5. The SMILES string of the molecule is CCCCCCCCCCCCCCC[C@H](CCCCCCC)c1[nH]cc[n+]1CCCc1ccccc1. The Morgan fingerprint density at radius 1 is 0.595 bits per heavy atom. The molecule has 2 aromatic rings. The summed E-state index contributed by atoms with van der Waals surface area (Å²) in [5, 5.41) is 0. The molecule has 0 aliphatic heterocycles. The summed E-state index contributed by atoms with van der Waals surface area (Å²) in [5.41, 5.74) is 1.46. The van der Waals surface area contributed by atoms with Crippen LogP contribution in [0.25, 0.3) is 0 Å². The van der Waals surface area contributed by atoms with E-state index < -0.39 is 0 Å². The van der Waals surface area contributed by atoms with Crippen LogP contribution < -0.4 is 4.57 Å². The first-order chi connectivity index (χ1) is 18.3. The number of unbranched alkanes of at least 4 members (excludes halogenated alkanes) is 16. The Morgan fingerprint density at radius 3 is 1.59 bits per heavy atom. The van der Waals surface area contributed by atoms with E-state index in [2.05, 4.69) is 66.1 Å². The number of aromatic amines is 1. The average Bonchev–Trinajstić information content (AvgIpc) is 3.39. The summed E-state index contributed by atoms with van der Waals surface area (Å²) in [4.78, 5) is 3.67. The second kappa shape index (κ2) is 22.4. The van der Waals surface area contributed by atoms with Crippen LogP contribution in [0.5, 0.6) is 0 Å². The fourth-order valence-corrected chi connectivity index (χ4v) is 5.84. The Hall–Kier alpha value is -1.57. The molecule has 0 saturated carbocycles. The molecule has 0 radical (unpaired) electrons. The molecule has 1 heterocycles. The second-order valence-electron chi connectivity index (χ2n) is 11.6. The number of H-pyrrole nitrogens is 1. The van der Waals surface area contributed by atoms with Gasteiger partial charge in [0.15, 0.2) is 0 Å². The lowest BCUT2D eigenvalue weighted by Gasteiger charge is -2.14. The molecule has 210 valence electrons. The van der Waals surface area contributed by atoms with Gasteiger partial charge in [0.1, 0.15) is 12.4 Å². The minimum atomic E-state index is 0.695. The van der Waals surface area contributed by atoms with E-state index in [0.717, 1.165) is 6.54 Å². The van der Waals surface area contributed by atoms with Crippen molar-refractivity contribution in [1.29, 1.82) is 0 Å². The molecule has 1 aromatic carbocycles. The van der Waals surface area contributed by atoms with Crippen molar-refractivity contribution in [2.45, 2.75) is 168 Å². The summed E-state index contributed by atoms with van der Waals surface area (Å²) in [6, 6.07) is 11.0. The molecule has 0 amide bonds. The van der Waals surface area contributed by atoms with Crippen LogP contribution in [0.4, 0.5) is 0 Å². The fourth-order valence-electron chi connectivity index (χ4n) is 5.84. The lowest BCUT2D eigenvalue weighted by atomic mass is 9.93. The number of nitrogens with zero attached hydrogens (tertiary/aromatic N) is 1. The van der Waals surface area contributed by atoms with Crippen LogP contribution in [0.2, 0.25) is 0 Å². The van der Waals surface area contributed by atoms with Gasteiger partial charge in [0, 0.05) is 0 Å². The topological polar surface area (TPSA) is 19.7 Å². The van der Waals surface area contributed by atoms with Gasteiger partial charge < -0.3 is 0 Å². The van der Waals surface area contributed by atoms with E-state index in [4.69, 9.17) is 0 Å². The molecule has 1 aromatic heterocycles. The number of aromatic nitrogens is 2. The third-order valence-electron chi connectivity index (χ3n) is 8.20. The molecule has 0 bridgehead atoms. The normalized spacial score (nSPS) is 12.3. The molecule has 2 heteroatoms. The summed E-state index contributed by atoms with van der Waals surface area (Å²) in [6.07, 6.45) is 35.1. The molecule has 0 fully saturated rings. The van der Waals surface area contributed by atoms with Crippen LogP contribution in [0.1, 0.15) is 166 Å². The third kappa shape index (κ3) is 15.4. The molecule has 0 aliphatic carbocycles. The molecule has 2 rings (SSSR count). The Labute approximate surface area is 231 Å². The standard InChI is InChI=1S/C35H60N2/c1-3-5-7-9-10-11-12-13-14-15-16-18-23-29-34(28-22-17-8-6-4-2)35-36-30-32-37(35)31-24-27-33-25-20-19-21-26-33/h19-21,25-26,30,32,34H,3-18,22-24,27-29,31H2,1-2H3/p+1/t34-/m0/s1. The molecule has 0 saturated heterocycles. The number of hydrogen-bond donors (Lipinski definition) is 1. The number of rotatable bonds is 25.